The van der Waals surface area contributed by atoms with E-state index in [0.29, 0.717) is 46.2 Å². The minimum Gasteiger partial charge on any atom is -0.495 e. The summed E-state index contributed by atoms with van der Waals surface area (Å²) in [5.74, 6) is 1.32. The van der Waals surface area contributed by atoms with Gasteiger partial charge in [0.05, 0.1) is 44.9 Å². The van der Waals surface area contributed by atoms with Crippen LogP contribution in [0, 0.1) is 11.3 Å². The second-order valence-electron chi connectivity index (χ2n) is 8.37. The van der Waals surface area contributed by atoms with E-state index in [0.717, 1.165) is 11.1 Å². The van der Waals surface area contributed by atoms with Crippen LogP contribution < -0.4 is 19.1 Å². The molecule has 3 heterocycles. The second kappa shape index (κ2) is 10.1. The molecule has 0 saturated heterocycles. The largest absolute Gasteiger partial charge is 0.495 e. The van der Waals surface area contributed by atoms with Crippen molar-refractivity contribution in [2.24, 2.45) is 0 Å². The first-order valence-corrected chi connectivity index (χ1v) is 11.5. The lowest BCUT2D eigenvalue weighted by atomic mass is 9.92. The standard InChI is InChI=1S/C27H24N4O6/c1-33-19-7-6-18(29-13-19)15-36-25-20-11-22(26(32)35-3)31(14-17(20)5-9-23(25)34-2)27-30-21-8-4-16(12-28)10-24(21)37-27/h4-10,13,22H,11,14-15H2,1-3H3/t22-/m0/s1. The third-order valence-corrected chi connectivity index (χ3v) is 6.28. The number of carbonyl (C=O) groups excluding carboxylic acids is 1. The third-order valence-electron chi connectivity index (χ3n) is 6.28. The predicted octanol–water partition coefficient (Wildman–Crippen LogP) is 3.79. The van der Waals surface area contributed by atoms with Crippen LogP contribution in [0.25, 0.3) is 11.1 Å². The molecule has 2 aromatic carbocycles. The van der Waals surface area contributed by atoms with Crippen LogP contribution in [-0.2, 0) is 29.1 Å². The molecule has 4 aromatic rings. The average molecular weight is 501 g/mol. The van der Waals surface area contributed by atoms with Crippen molar-refractivity contribution in [3.05, 3.63) is 71.0 Å². The van der Waals surface area contributed by atoms with Gasteiger partial charge in [0.15, 0.2) is 17.1 Å². The van der Waals surface area contributed by atoms with E-state index in [1.807, 2.05) is 24.3 Å². The van der Waals surface area contributed by atoms with Crippen LogP contribution in [0.5, 0.6) is 17.2 Å². The molecule has 0 amide bonds. The Morgan fingerprint density at radius 2 is 2.03 bits per heavy atom. The maximum absolute atomic E-state index is 12.9. The van der Waals surface area contributed by atoms with Crippen LogP contribution in [-0.4, -0.2) is 43.3 Å². The molecule has 0 unspecified atom stereocenters. The Balaban J connectivity index is 1.50. The van der Waals surface area contributed by atoms with Crippen LogP contribution in [0.2, 0.25) is 0 Å². The number of benzene rings is 2. The van der Waals surface area contributed by atoms with Crippen molar-refractivity contribution in [3.8, 4) is 23.3 Å². The molecular weight excluding hydrogens is 476 g/mol. The Bertz CT molecular complexity index is 1490. The van der Waals surface area contributed by atoms with Gasteiger partial charge in [0, 0.05) is 24.6 Å². The maximum atomic E-state index is 12.9. The first kappa shape index (κ1) is 23.9. The normalized spacial score (nSPS) is 14.5. The van der Waals surface area contributed by atoms with E-state index in [2.05, 4.69) is 16.0 Å². The summed E-state index contributed by atoms with van der Waals surface area (Å²) in [6.07, 6.45) is 1.91. The molecule has 1 atom stereocenters. The quantitative estimate of drug-likeness (QED) is 0.347. The number of oxazole rings is 1. The van der Waals surface area contributed by atoms with Crippen molar-refractivity contribution in [1.82, 2.24) is 9.97 Å². The fourth-order valence-electron chi connectivity index (χ4n) is 4.35. The van der Waals surface area contributed by atoms with E-state index >= 15 is 0 Å². The van der Waals surface area contributed by atoms with Crippen LogP contribution in [0.3, 0.4) is 0 Å². The molecule has 0 spiro atoms. The molecular formula is C27H24N4O6. The fraction of sp³-hybridized carbons (Fsp3) is 0.259. The first-order valence-electron chi connectivity index (χ1n) is 11.5. The number of aromatic nitrogens is 2. The van der Waals surface area contributed by atoms with E-state index in [1.54, 1.807) is 43.5 Å². The van der Waals surface area contributed by atoms with Crippen molar-refractivity contribution >= 4 is 23.1 Å². The number of rotatable bonds is 7. The molecule has 5 rings (SSSR count). The zero-order chi connectivity index (χ0) is 25.9. The topological polar surface area (TPSA) is 120 Å². The highest BCUT2D eigenvalue weighted by Crippen LogP contribution is 2.40. The van der Waals surface area contributed by atoms with Crippen LogP contribution >= 0.6 is 0 Å². The minimum absolute atomic E-state index is 0.204. The van der Waals surface area contributed by atoms with Gasteiger partial charge in [-0.25, -0.2) is 4.79 Å². The molecule has 0 saturated carbocycles. The fourth-order valence-corrected chi connectivity index (χ4v) is 4.35. The number of hydrogen-bond acceptors (Lipinski definition) is 10. The maximum Gasteiger partial charge on any atom is 0.329 e. The van der Waals surface area contributed by atoms with E-state index < -0.39 is 12.0 Å². The van der Waals surface area contributed by atoms with E-state index in [-0.39, 0.29) is 19.0 Å². The SMILES string of the molecule is COC(=O)[C@@H]1Cc2c(ccc(OC)c2OCc2ccc(OC)cn2)CN1c1nc2ccc(C#N)cc2o1. The molecule has 1 aliphatic heterocycles. The number of anilines is 1. The van der Waals surface area contributed by atoms with Crippen molar-refractivity contribution in [2.45, 2.75) is 25.6 Å². The molecule has 0 bridgehead atoms. The number of methoxy groups -OCH3 is 3. The molecule has 1 aliphatic rings. The van der Waals surface area contributed by atoms with Crippen LogP contribution in [0.1, 0.15) is 22.4 Å². The van der Waals surface area contributed by atoms with Gasteiger partial charge < -0.3 is 28.3 Å². The zero-order valence-corrected chi connectivity index (χ0v) is 20.6. The van der Waals surface area contributed by atoms with E-state index in [9.17, 15) is 10.1 Å². The van der Waals surface area contributed by atoms with Gasteiger partial charge >= 0.3 is 5.97 Å². The van der Waals surface area contributed by atoms with E-state index in [1.165, 1.54) is 7.11 Å². The van der Waals surface area contributed by atoms with Crippen molar-refractivity contribution < 1.29 is 28.2 Å². The van der Waals surface area contributed by atoms with Crippen molar-refractivity contribution in [1.29, 1.82) is 5.26 Å². The first-order chi connectivity index (χ1) is 18.0. The molecule has 0 fully saturated rings. The number of hydrogen-bond donors (Lipinski definition) is 0. The highest BCUT2D eigenvalue weighted by Gasteiger charge is 2.37. The Hall–Kier alpha value is -4.78. The summed E-state index contributed by atoms with van der Waals surface area (Å²) in [5.41, 5.74) is 4.00. The summed E-state index contributed by atoms with van der Waals surface area (Å²) in [6, 6.07) is 14.1. The van der Waals surface area contributed by atoms with Crippen LogP contribution in [0.15, 0.2) is 53.1 Å². The lowest BCUT2D eigenvalue weighted by Crippen LogP contribution is -2.46. The second-order valence-corrected chi connectivity index (χ2v) is 8.37. The highest BCUT2D eigenvalue weighted by molar-refractivity contribution is 5.82. The molecule has 37 heavy (non-hydrogen) atoms. The van der Waals surface area contributed by atoms with Gasteiger partial charge in [0.1, 0.15) is 23.9 Å². The highest BCUT2D eigenvalue weighted by atomic mass is 16.5. The van der Waals surface area contributed by atoms with Gasteiger partial charge in [0.25, 0.3) is 6.01 Å². The summed E-state index contributed by atoms with van der Waals surface area (Å²) in [6.45, 7) is 0.532. The van der Waals surface area contributed by atoms with Gasteiger partial charge in [-0.15, -0.1) is 0 Å². The van der Waals surface area contributed by atoms with Gasteiger partial charge in [-0.3, -0.25) is 4.98 Å². The van der Waals surface area contributed by atoms with Gasteiger partial charge in [-0.05, 0) is 35.9 Å². The van der Waals surface area contributed by atoms with E-state index in [4.69, 9.17) is 23.4 Å². The predicted molar refractivity (Wildman–Crippen MR) is 133 cm³/mol. The molecule has 10 heteroatoms. The average Bonchev–Trinajstić information content (AvgIpc) is 3.38. The Morgan fingerprint density at radius 3 is 2.73 bits per heavy atom. The molecule has 0 aliphatic carbocycles. The van der Waals surface area contributed by atoms with Crippen molar-refractivity contribution in [3.63, 3.8) is 0 Å². The summed E-state index contributed by atoms with van der Waals surface area (Å²) < 4.78 is 28.0. The van der Waals surface area contributed by atoms with Gasteiger partial charge in [0.2, 0.25) is 0 Å². The smallest absolute Gasteiger partial charge is 0.329 e. The summed E-state index contributed by atoms with van der Waals surface area (Å²) in [4.78, 5) is 23.6. The molecule has 2 aromatic heterocycles. The molecule has 0 N–H and O–H groups in total. The number of fused-ring (bicyclic) bond motifs is 2. The summed E-state index contributed by atoms with van der Waals surface area (Å²) >= 11 is 0. The Morgan fingerprint density at radius 1 is 1.16 bits per heavy atom. The molecule has 0 radical (unpaired) electrons. The Labute approximate surface area is 213 Å². The monoisotopic (exact) mass is 500 g/mol. The summed E-state index contributed by atoms with van der Waals surface area (Å²) in [5, 5.41) is 9.20. The number of ether oxygens (including phenoxy) is 4. The lowest BCUT2D eigenvalue weighted by molar-refractivity contribution is -0.142. The number of nitriles is 1. The third kappa shape index (κ3) is 4.59. The van der Waals surface area contributed by atoms with Gasteiger partial charge in [-0.2, -0.15) is 10.2 Å². The number of pyridine rings is 1. The molecule has 10 nitrogen and oxygen atoms in total. The number of nitrogens with zero attached hydrogens (tertiary/aromatic N) is 4. The Kier molecular flexibility index (Phi) is 6.51. The molecule has 188 valence electrons. The van der Waals surface area contributed by atoms with Gasteiger partial charge in [-0.1, -0.05) is 6.07 Å². The van der Waals surface area contributed by atoms with Crippen molar-refractivity contribution in [2.75, 3.05) is 26.2 Å². The zero-order valence-electron chi connectivity index (χ0n) is 20.6. The number of carbonyl (C=O) groups is 1. The lowest BCUT2D eigenvalue weighted by Gasteiger charge is -2.35. The number of esters is 1. The van der Waals surface area contributed by atoms with Crippen LogP contribution in [0.4, 0.5) is 6.01 Å². The minimum atomic E-state index is -0.713. The summed E-state index contributed by atoms with van der Waals surface area (Å²) in [7, 11) is 4.50.